The molecule has 0 radical (unpaired) electrons. The Morgan fingerprint density at radius 2 is 2.00 bits per heavy atom. The molecule has 0 spiro atoms. The number of aryl methyl sites for hydroxylation is 2. The Balaban J connectivity index is 2.97. The Bertz CT molecular complexity index is 396. The van der Waals surface area contributed by atoms with Crippen molar-refractivity contribution in [2.75, 3.05) is 6.54 Å². The fourth-order valence-electron chi connectivity index (χ4n) is 2.23. The van der Waals surface area contributed by atoms with E-state index >= 15 is 0 Å². The van der Waals surface area contributed by atoms with Crippen LogP contribution in [0.15, 0.2) is 0 Å². The Morgan fingerprint density at radius 3 is 2.39 bits per heavy atom. The van der Waals surface area contributed by atoms with Crippen LogP contribution < -0.4 is 5.32 Å². The van der Waals surface area contributed by atoms with E-state index in [0.29, 0.717) is 6.04 Å². The van der Waals surface area contributed by atoms with Crippen LogP contribution in [0.2, 0.25) is 5.15 Å². The number of nitrogens with one attached hydrogen (secondary N) is 1. The van der Waals surface area contributed by atoms with Gasteiger partial charge in [0.15, 0.2) is 0 Å². The molecule has 0 aromatic carbocycles. The van der Waals surface area contributed by atoms with Gasteiger partial charge in [0.2, 0.25) is 0 Å². The lowest BCUT2D eigenvalue weighted by Crippen LogP contribution is -2.43. The van der Waals surface area contributed by atoms with Crippen LogP contribution in [-0.2, 0) is 13.5 Å². The summed E-state index contributed by atoms with van der Waals surface area (Å²) in [5.41, 5.74) is 2.46. The van der Waals surface area contributed by atoms with Crippen molar-refractivity contribution in [3.05, 3.63) is 16.4 Å². The van der Waals surface area contributed by atoms with Crippen LogP contribution in [0.3, 0.4) is 0 Å². The maximum atomic E-state index is 6.32. The van der Waals surface area contributed by atoms with Crippen LogP contribution in [0.25, 0.3) is 0 Å². The lowest BCUT2D eigenvalue weighted by Gasteiger charge is -2.34. The van der Waals surface area contributed by atoms with Gasteiger partial charge in [0.1, 0.15) is 5.15 Å². The van der Waals surface area contributed by atoms with E-state index in [4.69, 9.17) is 11.6 Å². The fourth-order valence-corrected chi connectivity index (χ4v) is 2.48. The highest BCUT2D eigenvalue weighted by Gasteiger charge is 2.29. The zero-order chi connectivity index (χ0) is 13.9. The predicted molar refractivity (Wildman–Crippen MR) is 78.2 cm³/mol. The first kappa shape index (κ1) is 15.5. The third-order valence-corrected chi connectivity index (χ3v) is 4.46. The van der Waals surface area contributed by atoms with Crippen LogP contribution >= 0.6 is 11.6 Å². The summed E-state index contributed by atoms with van der Waals surface area (Å²) in [6, 6.07) is 0.424. The van der Waals surface area contributed by atoms with Crippen molar-refractivity contribution in [3.63, 3.8) is 0 Å². The number of aromatic nitrogens is 2. The second kappa shape index (κ2) is 6.07. The van der Waals surface area contributed by atoms with Crippen LogP contribution in [0.4, 0.5) is 0 Å². The number of rotatable bonds is 6. The molecule has 0 saturated heterocycles. The van der Waals surface area contributed by atoms with Gasteiger partial charge in [-0.15, -0.1) is 0 Å². The number of hydrogen-bond donors (Lipinski definition) is 1. The molecule has 1 unspecified atom stereocenters. The topological polar surface area (TPSA) is 29.9 Å². The SMILES string of the molecule is CCNC(Cc1c(C)nn(C)c1Cl)C(C)(C)CC. The molecule has 1 heterocycles. The van der Waals surface area contributed by atoms with E-state index in [1.54, 1.807) is 4.68 Å². The highest BCUT2D eigenvalue weighted by atomic mass is 35.5. The number of halogens is 1. The highest BCUT2D eigenvalue weighted by Crippen LogP contribution is 2.30. The molecule has 1 N–H and O–H groups in total. The van der Waals surface area contributed by atoms with Crippen molar-refractivity contribution in [2.45, 2.75) is 53.5 Å². The van der Waals surface area contributed by atoms with Crippen molar-refractivity contribution < 1.29 is 0 Å². The summed E-state index contributed by atoms with van der Waals surface area (Å²) >= 11 is 6.32. The van der Waals surface area contributed by atoms with E-state index in [1.165, 1.54) is 5.56 Å². The summed E-state index contributed by atoms with van der Waals surface area (Å²) < 4.78 is 1.76. The summed E-state index contributed by atoms with van der Waals surface area (Å²) in [5, 5.41) is 8.74. The third-order valence-electron chi connectivity index (χ3n) is 3.98. The largest absolute Gasteiger partial charge is 0.313 e. The van der Waals surface area contributed by atoms with Gasteiger partial charge in [-0.05, 0) is 31.7 Å². The van der Waals surface area contributed by atoms with E-state index < -0.39 is 0 Å². The lowest BCUT2D eigenvalue weighted by molar-refractivity contribution is 0.232. The van der Waals surface area contributed by atoms with Crippen molar-refractivity contribution in [2.24, 2.45) is 12.5 Å². The first-order chi connectivity index (χ1) is 8.33. The van der Waals surface area contributed by atoms with Gasteiger partial charge in [-0.25, -0.2) is 0 Å². The molecule has 0 fully saturated rings. The normalized spacial score (nSPS) is 13.9. The van der Waals surface area contributed by atoms with Gasteiger partial charge in [-0.3, -0.25) is 4.68 Å². The summed E-state index contributed by atoms with van der Waals surface area (Å²) in [5.74, 6) is 0. The van der Waals surface area contributed by atoms with E-state index in [9.17, 15) is 0 Å². The number of likely N-dealkylation sites (N-methyl/N-ethyl adjacent to an activating group) is 1. The Labute approximate surface area is 116 Å². The average Bonchev–Trinajstić information content (AvgIpc) is 2.55. The van der Waals surface area contributed by atoms with Crippen LogP contribution in [0, 0.1) is 12.3 Å². The summed E-state index contributed by atoms with van der Waals surface area (Å²) in [6.07, 6.45) is 2.08. The monoisotopic (exact) mass is 271 g/mol. The minimum atomic E-state index is 0.252. The quantitative estimate of drug-likeness (QED) is 0.860. The zero-order valence-electron chi connectivity index (χ0n) is 12.5. The average molecular weight is 272 g/mol. The summed E-state index contributed by atoms with van der Waals surface area (Å²) in [7, 11) is 1.89. The molecule has 0 amide bonds. The zero-order valence-corrected chi connectivity index (χ0v) is 13.2. The predicted octanol–water partition coefficient (Wildman–Crippen LogP) is 3.34. The molecule has 1 aromatic rings. The van der Waals surface area contributed by atoms with Crippen molar-refractivity contribution in [1.82, 2.24) is 15.1 Å². The molecule has 3 nitrogen and oxygen atoms in total. The molecule has 104 valence electrons. The van der Waals surface area contributed by atoms with E-state index in [0.717, 1.165) is 30.2 Å². The molecule has 0 saturated carbocycles. The van der Waals surface area contributed by atoms with E-state index in [1.807, 2.05) is 14.0 Å². The molecule has 4 heteroatoms. The molecule has 1 aromatic heterocycles. The first-order valence-electron chi connectivity index (χ1n) is 6.74. The van der Waals surface area contributed by atoms with Gasteiger partial charge in [0.05, 0.1) is 5.69 Å². The Morgan fingerprint density at radius 1 is 1.39 bits per heavy atom. The molecule has 1 rings (SSSR count). The third kappa shape index (κ3) is 3.27. The molecule has 1 atom stereocenters. The molecule has 0 aliphatic heterocycles. The molecular weight excluding hydrogens is 246 g/mol. The highest BCUT2D eigenvalue weighted by molar-refractivity contribution is 6.30. The number of nitrogens with zero attached hydrogens (tertiary/aromatic N) is 2. The first-order valence-corrected chi connectivity index (χ1v) is 7.12. The van der Waals surface area contributed by atoms with E-state index in [2.05, 4.69) is 38.1 Å². The van der Waals surface area contributed by atoms with Gasteiger partial charge >= 0.3 is 0 Å². The smallest absolute Gasteiger partial charge is 0.130 e. The molecule has 0 bridgehead atoms. The van der Waals surface area contributed by atoms with Crippen LogP contribution in [-0.4, -0.2) is 22.4 Å². The second-order valence-corrected chi connectivity index (χ2v) is 5.99. The van der Waals surface area contributed by atoms with Crippen LogP contribution in [0.1, 0.15) is 45.4 Å². The fraction of sp³-hybridized carbons (Fsp3) is 0.786. The Hall–Kier alpha value is -0.540. The van der Waals surface area contributed by atoms with E-state index in [-0.39, 0.29) is 5.41 Å². The van der Waals surface area contributed by atoms with Gasteiger partial charge in [-0.1, -0.05) is 39.3 Å². The minimum Gasteiger partial charge on any atom is -0.313 e. The molecule has 0 aliphatic carbocycles. The van der Waals surface area contributed by atoms with Gasteiger partial charge < -0.3 is 5.32 Å². The molecule has 0 aliphatic rings. The minimum absolute atomic E-state index is 0.252. The van der Waals surface area contributed by atoms with Crippen molar-refractivity contribution in [1.29, 1.82) is 0 Å². The summed E-state index contributed by atoms with van der Waals surface area (Å²) in [4.78, 5) is 0. The standard InChI is InChI=1S/C14H26ClN3/c1-7-14(4,5)12(16-8-2)9-11-10(3)17-18(6)13(11)15/h12,16H,7-9H2,1-6H3. The maximum absolute atomic E-state index is 6.32. The Kier molecular flexibility index (Phi) is 5.23. The van der Waals surface area contributed by atoms with Crippen molar-refractivity contribution >= 4 is 11.6 Å². The maximum Gasteiger partial charge on any atom is 0.130 e. The van der Waals surface area contributed by atoms with Crippen molar-refractivity contribution in [3.8, 4) is 0 Å². The molecule has 18 heavy (non-hydrogen) atoms. The van der Waals surface area contributed by atoms with Crippen LogP contribution in [0.5, 0.6) is 0 Å². The van der Waals surface area contributed by atoms with Gasteiger partial charge in [-0.2, -0.15) is 5.10 Å². The van der Waals surface area contributed by atoms with Gasteiger partial charge in [0, 0.05) is 18.7 Å². The number of hydrogen-bond acceptors (Lipinski definition) is 2. The molecular formula is C14H26ClN3. The lowest BCUT2D eigenvalue weighted by atomic mass is 9.79. The summed E-state index contributed by atoms with van der Waals surface area (Å²) in [6.45, 7) is 12.0. The van der Waals surface area contributed by atoms with Gasteiger partial charge in [0.25, 0.3) is 0 Å². The second-order valence-electron chi connectivity index (χ2n) is 5.63.